The van der Waals surface area contributed by atoms with E-state index < -0.39 is 0 Å². The van der Waals surface area contributed by atoms with Crippen LogP contribution in [0.3, 0.4) is 0 Å². The Hall–Kier alpha value is -1.85. The molecular formula is C8H10N6. The van der Waals surface area contributed by atoms with E-state index in [0.717, 1.165) is 24.3 Å². The number of nitrogens with one attached hydrogen (secondary N) is 1. The van der Waals surface area contributed by atoms with E-state index in [9.17, 15) is 0 Å². The first kappa shape index (κ1) is 7.54. The minimum atomic E-state index is 0.295. The summed E-state index contributed by atoms with van der Waals surface area (Å²) >= 11 is 0. The summed E-state index contributed by atoms with van der Waals surface area (Å²) in [5, 5.41) is 7.67. The van der Waals surface area contributed by atoms with Crippen molar-refractivity contribution in [3.63, 3.8) is 0 Å². The maximum Gasteiger partial charge on any atom is 0.224 e. The summed E-state index contributed by atoms with van der Waals surface area (Å²) < 4.78 is 0. The number of fused-ring (bicyclic) bond motifs is 1. The van der Waals surface area contributed by atoms with E-state index in [1.807, 2.05) is 0 Å². The number of rotatable bonds is 1. The SMILES string of the molecule is Nc1nc(N2CCC2)c2cn[nH]c2n1. The van der Waals surface area contributed by atoms with E-state index in [-0.39, 0.29) is 0 Å². The van der Waals surface area contributed by atoms with Crippen molar-refractivity contribution in [2.45, 2.75) is 6.42 Å². The molecule has 0 radical (unpaired) electrons. The lowest BCUT2D eigenvalue weighted by Gasteiger charge is -2.32. The van der Waals surface area contributed by atoms with Gasteiger partial charge in [0.15, 0.2) is 5.65 Å². The van der Waals surface area contributed by atoms with Crippen molar-refractivity contribution in [1.82, 2.24) is 20.2 Å². The van der Waals surface area contributed by atoms with Crippen molar-refractivity contribution < 1.29 is 0 Å². The van der Waals surface area contributed by atoms with Crippen LogP contribution in [-0.2, 0) is 0 Å². The standard InChI is InChI=1S/C8H10N6/c9-8-11-6-5(4-10-13-6)7(12-8)14-2-1-3-14/h4H,1-3H2,(H3,9,10,11,12,13). The molecule has 3 N–H and O–H groups in total. The number of hydrogen-bond donors (Lipinski definition) is 2. The van der Waals surface area contributed by atoms with E-state index in [2.05, 4.69) is 25.1 Å². The van der Waals surface area contributed by atoms with Gasteiger partial charge in [0.25, 0.3) is 0 Å². The van der Waals surface area contributed by atoms with Crippen molar-refractivity contribution in [3.05, 3.63) is 6.20 Å². The quantitative estimate of drug-likeness (QED) is 0.668. The number of nitrogen functional groups attached to an aromatic ring is 1. The molecule has 1 aliphatic heterocycles. The normalized spacial score (nSPS) is 15.9. The molecule has 0 aromatic carbocycles. The minimum absolute atomic E-state index is 0.295. The molecule has 1 aliphatic rings. The van der Waals surface area contributed by atoms with Crippen LogP contribution in [0.1, 0.15) is 6.42 Å². The highest BCUT2D eigenvalue weighted by atomic mass is 15.3. The maximum absolute atomic E-state index is 5.60. The number of nitrogens with two attached hydrogens (primary N) is 1. The molecule has 0 amide bonds. The molecule has 3 rings (SSSR count). The van der Waals surface area contributed by atoms with Gasteiger partial charge in [0.05, 0.1) is 11.6 Å². The Balaban J connectivity index is 2.23. The van der Waals surface area contributed by atoms with Crippen LogP contribution in [0.15, 0.2) is 6.20 Å². The van der Waals surface area contributed by atoms with Crippen molar-refractivity contribution in [3.8, 4) is 0 Å². The average Bonchev–Trinajstić information content (AvgIpc) is 2.47. The Morgan fingerprint density at radius 1 is 1.36 bits per heavy atom. The van der Waals surface area contributed by atoms with Crippen LogP contribution in [0, 0.1) is 0 Å². The molecule has 3 heterocycles. The summed E-state index contributed by atoms with van der Waals surface area (Å²) in [6.07, 6.45) is 2.95. The molecule has 2 aromatic heterocycles. The van der Waals surface area contributed by atoms with Gasteiger partial charge in [-0.2, -0.15) is 15.1 Å². The molecule has 2 aromatic rings. The largest absolute Gasteiger partial charge is 0.368 e. The van der Waals surface area contributed by atoms with Crippen LogP contribution < -0.4 is 10.6 Å². The molecule has 0 saturated carbocycles. The highest BCUT2D eigenvalue weighted by Crippen LogP contribution is 2.26. The lowest BCUT2D eigenvalue weighted by Crippen LogP contribution is -2.37. The van der Waals surface area contributed by atoms with E-state index in [1.165, 1.54) is 6.42 Å². The molecule has 14 heavy (non-hydrogen) atoms. The number of H-pyrrole nitrogens is 1. The first-order valence-corrected chi connectivity index (χ1v) is 4.56. The Morgan fingerprint density at radius 2 is 2.21 bits per heavy atom. The Bertz CT molecular complexity index is 472. The fourth-order valence-electron chi connectivity index (χ4n) is 1.61. The van der Waals surface area contributed by atoms with Gasteiger partial charge in [0.1, 0.15) is 5.82 Å². The van der Waals surface area contributed by atoms with Crippen molar-refractivity contribution in [2.24, 2.45) is 0 Å². The molecule has 0 bridgehead atoms. The zero-order valence-electron chi connectivity index (χ0n) is 7.56. The van der Waals surface area contributed by atoms with E-state index in [1.54, 1.807) is 6.20 Å². The molecule has 6 heteroatoms. The number of nitrogens with zero attached hydrogens (tertiary/aromatic N) is 4. The van der Waals surface area contributed by atoms with Crippen LogP contribution in [0.5, 0.6) is 0 Å². The smallest absolute Gasteiger partial charge is 0.224 e. The Morgan fingerprint density at radius 3 is 2.93 bits per heavy atom. The van der Waals surface area contributed by atoms with Gasteiger partial charge in [-0.1, -0.05) is 0 Å². The maximum atomic E-state index is 5.60. The summed E-state index contributed by atoms with van der Waals surface area (Å²) in [5.74, 6) is 1.19. The van der Waals surface area contributed by atoms with Gasteiger partial charge in [-0.05, 0) is 6.42 Å². The lowest BCUT2D eigenvalue weighted by atomic mass is 10.2. The Kier molecular flexibility index (Phi) is 1.38. The predicted molar refractivity (Wildman–Crippen MR) is 52.9 cm³/mol. The van der Waals surface area contributed by atoms with Crippen LogP contribution >= 0.6 is 0 Å². The molecular weight excluding hydrogens is 180 g/mol. The van der Waals surface area contributed by atoms with Crippen LogP contribution in [0.2, 0.25) is 0 Å². The summed E-state index contributed by atoms with van der Waals surface area (Å²) in [5.41, 5.74) is 6.31. The third-order valence-corrected chi connectivity index (χ3v) is 2.46. The average molecular weight is 190 g/mol. The van der Waals surface area contributed by atoms with Crippen LogP contribution in [-0.4, -0.2) is 33.3 Å². The second-order valence-electron chi connectivity index (χ2n) is 3.38. The summed E-state index contributed by atoms with van der Waals surface area (Å²) in [4.78, 5) is 10.5. The van der Waals surface area contributed by atoms with Crippen molar-refractivity contribution in [2.75, 3.05) is 23.7 Å². The second-order valence-corrected chi connectivity index (χ2v) is 3.38. The van der Waals surface area contributed by atoms with Crippen LogP contribution in [0.4, 0.5) is 11.8 Å². The second kappa shape index (κ2) is 2.57. The monoisotopic (exact) mass is 190 g/mol. The number of hydrogen-bond acceptors (Lipinski definition) is 5. The van der Waals surface area contributed by atoms with Gasteiger partial charge >= 0.3 is 0 Å². The molecule has 6 nitrogen and oxygen atoms in total. The van der Waals surface area contributed by atoms with E-state index in [0.29, 0.717) is 11.6 Å². The lowest BCUT2D eigenvalue weighted by molar-refractivity contribution is 0.612. The minimum Gasteiger partial charge on any atom is -0.368 e. The van der Waals surface area contributed by atoms with Gasteiger partial charge in [-0.3, -0.25) is 5.10 Å². The van der Waals surface area contributed by atoms with E-state index >= 15 is 0 Å². The molecule has 0 unspecified atom stereocenters. The van der Waals surface area contributed by atoms with Gasteiger partial charge in [0.2, 0.25) is 5.95 Å². The predicted octanol–water partition coefficient (Wildman–Crippen LogP) is 0.145. The van der Waals surface area contributed by atoms with E-state index in [4.69, 9.17) is 5.73 Å². The number of aromatic nitrogens is 4. The van der Waals surface area contributed by atoms with Gasteiger partial charge in [0, 0.05) is 13.1 Å². The Labute approximate surface area is 80.1 Å². The van der Waals surface area contributed by atoms with Gasteiger partial charge in [-0.25, -0.2) is 0 Å². The summed E-state index contributed by atoms with van der Waals surface area (Å²) in [6, 6.07) is 0. The molecule has 0 atom stereocenters. The molecule has 72 valence electrons. The fraction of sp³-hybridized carbons (Fsp3) is 0.375. The third-order valence-electron chi connectivity index (χ3n) is 2.46. The van der Waals surface area contributed by atoms with Crippen LogP contribution in [0.25, 0.3) is 11.0 Å². The summed E-state index contributed by atoms with van der Waals surface area (Å²) in [6.45, 7) is 2.08. The van der Waals surface area contributed by atoms with Crippen molar-refractivity contribution in [1.29, 1.82) is 0 Å². The fourth-order valence-corrected chi connectivity index (χ4v) is 1.61. The summed E-state index contributed by atoms with van der Waals surface area (Å²) in [7, 11) is 0. The number of aromatic amines is 1. The van der Waals surface area contributed by atoms with Crippen molar-refractivity contribution >= 4 is 22.8 Å². The third kappa shape index (κ3) is 0.935. The zero-order chi connectivity index (χ0) is 9.54. The highest BCUT2D eigenvalue weighted by Gasteiger charge is 2.19. The molecule has 1 saturated heterocycles. The highest BCUT2D eigenvalue weighted by molar-refractivity contribution is 5.87. The zero-order valence-corrected chi connectivity index (χ0v) is 7.56. The topological polar surface area (TPSA) is 83.7 Å². The molecule has 0 spiro atoms. The van der Waals surface area contributed by atoms with Gasteiger partial charge < -0.3 is 10.6 Å². The molecule has 0 aliphatic carbocycles. The van der Waals surface area contributed by atoms with Gasteiger partial charge in [-0.15, -0.1) is 0 Å². The first-order valence-electron chi connectivity index (χ1n) is 4.56. The first-order chi connectivity index (χ1) is 6.84. The molecule has 1 fully saturated rings. The number of anilines is 2.